The molecule has 0 aliphatic rings. The van der Waals surface area contributed by atoms with Crippen LogP contribution < -0.4 is 4.74 Å². The zero-order valence-electron chi connectivity index (χ0n) is 15.5. The molecule has 0 saturated heterocycles. The molecule has 1 N–H and O–H groups in total. The average Bonchev–Trinajstić information content (AvgIpc) is 2.72. The van der Waals surface area contributed by atoms with Gasteiger partial charge in [-0.2, -0.15) is 0 Å². The van der Waals surface area contributed by atoms with Crippen LogP contribution in [0.3, 0.4) is 0 Å². The quantitative estimate of drug-likeness (QED) is 0.570. The van der Waals surface area contributed by atoms with Crippen LogP contribution in [0.5, 0.6) is 11.5 Å². The highest BCUT2D eigenvalue weighted by molar-refractivity contribution is 5.54. The van der Waals surface area contributed by atoms with Crippen molar-refractivity contribution >= 4 is 12.2 Å². The van der Waals surface area contributed by atoms with E-state index in [1.165, 1.54) is 0 Å². The third-order valence-electron chi connectivity index (χ3n) is 4.37. The topological polar surface area (TPSA) is 29.5 Å². The van der Waals surface area contributed by atoms with Crippen molar-refractivity contribution in [2.45, 2.75) is 12.8 Å². The zero-order valence-corrected chi connectivity index (χ0v) is 15.5. The van der Waals surface area contributed by atoms with E-state index >= 15 is 0 Å². The van der Waals surface area contributed by atoms with Crippen LogP contribution in [-0.2, 0) is 12.8 Å². The SMILES string of the molecule is COc1cc(CC=Cc2ccccc2)c(O)c(CC=Cc2ccccc2)c1. The molecular weight excluding hydrogens is 332 g/mol. The summed E-state index contributed by atoms with van der Waals surface area (Å²) in [5, 5.41) is 10.7. The van der Waals surface area contributed by atoms with Crippen molar-refractivity contribution < 1.29 is 9.84 Å². The minimum Gasteiger partial charge on any atom is -0.507 e. The number of aromatic hydroxyl groups is 1. The predicted octanol–water partition coefficient (Wildman–Crippen LogP) is 5.91. The molecule has 0 spiro atoms. The smallest absolute Gasteiger partial charge is 0.122 e. The average molecular weight is 356 g/mol. The van der Waals surface area contributed by atoms with Crippen molar-refractivity contribution in [3.63, 3.8) is 0 Å². The van der Waals surface area contributed by atoms with Gasteiger partial charge in [0.15, 0.2) is 0 Å². The van der Waals surface area contributed by atoms with Crippen molar-refractivity contribution in [2.75, 3.05) is 7.11 Å². The first kappa shape index (κ1) is 18.5. The molecule has 3 aromatic carbocycles. The minimum atomic E-state index is 0.339. The van der Waals surface area contributed by atoms with Gasteiger partial charge in [-0.1, -0.05) is 85.0 Å². The molecule has 2 nitrogen and oxygen atoms in total. The second kappa shape index (κ2) is 9.44. The Morgan fingerprint density at radius 1 is 0.741 bits per heavy atom. The highest BCUT2D eigenvalue weighted by Crippen LogP contribution is 2.30. The van der Waals surface area contributed by atoms with E-state index in [1.54, 1.807) is 7.11 Å². The van der Waals surface area contributed by atoms with E-state index < -0.39 is 0 Å². The normalized spacial score (nSPS) is 11.3. The zero-order chi connectivity index (χ0) is 18.9. The molecule has 0 aromatic heterocycles. The lowest BCUT2D eigenvalue weighted by molar-refractivity contribution is 0.409. The molecule has 2 heteroatoms. The lowest BCUT2D eigenvalue weighted by Crippen LogP contribution is -1.93. The van der Waals surface area contributed by atoms with Gasteiger partial charge in [0.05, 0.1) is 7.11 Å². The van der Waals surface area contributed by atoms with Crippen molar-refractivity contribution in [1.29, 1.82) is 0 Å². The molecule has 27 heavy (non-hydrogen) atoms. The van der Waals surface area contributed by atoms with E-state index in [9.17, 15) is 5.11 Å². The number of phenols is 1. The molecule has 0 aliphatic heterocycles. The van der Waals surface area contributed by atoms with E-state index in [4.69, 9.17) is 4.74 Å². The van der Waals surface area contributed by atoms with E-state index in [-0.39, 0.29) is 0 Å². The van der Waals surface area contributed by atoms with Crippen molar-refractivity contribution in [1.82, 2.24) is 0 Å². The molecule has 0 unspecified atom stereocenters. The maximum Gasteiger partial charge on any atom is 0.122 e. The van der Waals surface area contributed by atoms with Crippen molar-refractivity contribution in [2.24, 2.45) is 0 Å². The first-order valence-corrected chi connectivity index (χ1v) is 9.08. The molecule has 0 bridgehead atoms. The fourth-order valence-electron chi connectivity index (χ4n) is 2.93. The fourth-order valence-corrected chi connectivity index (χ4v) is 2.93. The molecule has 3 rings (SSSR count). The van der Waals surface area contributed by atoms with Gasteiger partial charge in [-0.05, 0) is 36.1 Å². The third-order valence-corrected chi connectivity index (χ3v) is 4.37. The van der Waals surface area contributed by atoms with Crippen LogP contribution in [0.4, 0.5) is 0 Å². The van der Waals surface area contributed by atoms with Gasteiger partial charge in [-0.25, -0.2) is 0 Å². The van der Waals surface area contributed by atoms with E-state index in [0.717, 1.165) is 28.0 Å². The van der Waals surface area contributed by atoms with Crippen LogP contribution in [0, 0.1) is 0 Å². The molecule has 0 fully saturated rings. The summed E-state index contributed by atoms with van der Waals surface area (Å²) in [7, 11) is 1.65. The van der Waals surface area contributed by atoms with Gasteiger partial charge < -0.3 is 9.84 Å². The highest BCUT2D eigenvalue weighted by Gasteiger charge is 2.09. The summed E-state index contributed by atoms with van der Waals surface area (Å²) in [6.45, 7) is 0. The Balaban J connectivity index is 1.75. The summed E-state index contributed by atoms with van der Waals surface area (Å²) in [4.78, 5) is 0. The van der Waals surface area contributed by atoms with Gasteiger partial charge in [0.25, 0.3) is 0 Å². The number of allylic oxidation sites excluding steroid dienone is 2. The number of phenolic OH excluding ortho intramolecular Hbond substituents is 1. The van der Waals surface area contributed by atoms with Gasteiger partial charge in [0.2, 0.25) is 0 Å². The van der Waals surface area contributed by atoms with Gasteiger partial charge in [-0.3, -0.25) is 0 Å². The van der Waals surface area contributed by atoms with Crippen molar-refractivity contribution in [3.8, 4) is 11.5 Å². The summed E-state index contributed by atoms with van der Waals surface area (Å²) >= 11 is 0. The molecule has 0 saturated carbocycles. The van der Waals surface area contributed by atoms with Crippen molar-refractivity contribution in [3.05, 3.63) is 107 Å². The molecule has 0 amide bonds. The third kappa shape index (κ3) is 5.35. The van der Waals surface area contributed by atoms with Crippen LogP contribution in [0.1, 0.15) is 22.3 Å². The van der Waals surface area contributed by atoms with Crippen LogP contribution in [0.2, 0.25) is 0 Å². The second-order valence-corrected chi connectivity index (χ2v) is 6.33. The second-order valence-electron chi connectivity index (χ2n) is 6.33. The Morgan fingerprint density at radius 2 is 1.19 bits per heavy atom. The number of benzene rings is 3. The summed E-state index contributed by atoms with van der Waals surface area (Å²) in [6.07, 6.45) is 9.54. The summed E-state index contributed by atoms with van der Waals surface area (Å²) in [6, 6.07) is 24.1. The highest BCUT2D eigenvalue weighted by atomic mass is 16.5. The van der Waals surface area contributed by atoms with Gasteiger partial charge in [-0.15, -0.1) is 0 Å². The molecular formula is C25H24O2. The lowest BCUT2D eigenvalue weighted by Gasteiger charge is -2.10. The molecule has 0 radical (unpaired) electrons. The molecule has 3 aromatic rings. The van der Waals surface area contributed by atoms with E-state index in [0.29, 0.717) is 18.6 Å². The van der Waals surface area contributed by atoms with Gasteiger partial charge in [0, 0.05) is 11.1 Å². The molecule has 0 heterocycles. The Bertz CT molecular complexity index is 837. The Morgan fingerprint density at radius 3 is 1.59 bits per heavy atom. The molecule has 0 atom stereocenters. The lowest BCUT2D eigenvalue weighted by atomic mass is 10.0. The largest absolute Gasteiger partial charge is 0.507 e. The Hall–Kier alpha value is -3.26. The van der Waals surface area contributed by atoms with Crippen LogP contribution in [0.15, 0.2) is 84.9 Å². The standard InChI is InChI=1S/C25H24O2/c1-27-24-18-22(16-8-14-20-10-4-2-5-11-20)25(26)23(19-24)17-9-15-21-12-6-3-7-13-21/h2-15,18-19,26H,16-17H2,1H3. The Kier molecular flexibility index (Phi) is 6.48. The predicted molar refractivity (Wildman–Crippen MR) is 113 cm³/mol. The fraction of sp³-hybridized carbons (Fsp3) is 0.120. The first-order valence-electron chi connectivity index (χ1n) is 9.08. The van der Waals surface area contributed by atoms with Gasteiger partial charge >= 0.3 is 0 Å². The summed E-state index contributed by atoms with van der Waals surface area (Å²) < 4.78 is 5.42. The number of hydrogen-bond donors (Lipinski definition) is 1. The van der Waals surface area contributed by atoms with Crippen LogP contribution >= 0.6 is 0 Å². The minimum absolute atomic E-state index is 0.339. The number of hydrogen-bond acceptors (Lipinski definition) is 2. The van der Waals surface area contributed by atoms with E-state index in [2.05, 4.69) is 48.6 Å². The number of rotatable bonds is 7. The maximum absolute atomic E-state index is 10.7. The Labute approximate surface area is 161 Å². The first-order chi connectivity index (χ1) is 13.3. The summed E-state index contributed by atoms with van der Waals surface area (Å²) in [5.41, 5.74) is 4.02. The van der Waals surface area contributed by atoms with Crippen LogP contribution in [-0.4, -0.2) is 12.2 Å². The maximum atomic E-state index is 10.7. The van der Waals surface area contributed by atoms with Crippen LogP contribution in [0.25, 0.3) is 12.2 Å². The molecule has 0 aliphatic carbocycles. The molecule has 136 valence electrons. The summed E-state index contributed by atoms with van der Waals surface area (Å²) in [5.74, 6) is 1.10. The number of methoxy groups -OCH3 is 1. The monoisotopic (exact) mass is 356 g/mol. The number of ether oxygens (including phenoxy) is 1. The van der Waals surface area contributed by atoms with E-state index in [1.807, 2.05) is 48.5 Å². The van der Waals surface area contributed by atoms with Gasteiger partial charge in [0.1, 0.15) is 11.5 Å².